The summed E-state index contributed by atoms with van der Waals surface area (Å²) in [5.74, 6) is 0. The molecule has 12 rings (SSSR count). The van der Waals surface area contributed by atoms with E-state index in [0.717, 1.165) is 11.4 Å². The topological polar surface area (TPSA) is 6.48 Å². The van der Waals surface area contributed by atoms with Crippen LogP contribution in [0.5, 0.6) is 0 Å². The Hall–Kier alpha value is -7.62. The molecule has 0 saturated carbocycles. The number of benzene rings is 10. The molecule has 0 amide bonds. The Kier molecular flexibility index (Phi) is 7.67. The van der Waals surface area contributed by atoms with Gasteiger partial charge in [-0.1, -0.05) is 176 Å². The highest BCUT2D eigenvalue weighted by Crippen LogP contribution is 2.48. The molecule has 0 atom stereocenters. The van der Waals surface area contributed by atoms with Crippen LogP contribution in [0, 0.1) is 0 Å². The Morgan fingerprint density at radius 3 is 1.03 bits per heavy atom. The standard InChI is InChI=1S/C56H37BN2/c1-4-14-38(15-5-1)41-24-30-46(31-25-41)58-50-34-28-43-20-10-12-22-48(43)54(50)57-55-49-23-13-11-21-44(49)29-35-51(55)59(47-32-26-42(27-33-47)39-16-6-2-7-17-39)53-37-45(36-52(58)56(53)57)40-18-8-3-9-19-40/h1-37H. The molecule has 274 valence electrons. The fraction of sp³-hybridized carbons (Fsp3) is 0. The molecule has 0 aliphatic carbocycles. The molecule has 0 aromatic heterocycles. The van der Waals surface area contributed by atoms with E-state index in [1.807, 2.05) is 0 Å². The van der Waals surface area contributed by atoms with Crippen LogP contribution in [0.4, 0.5) is 34.1 Å². The summed E-state index contributed by atoms with van der Waals surface area (Å²) in [4.78, 5) is 5.07. The van der Waals surface area contributed by atoms with E-state index in [1.165, 1.54) is 94.1 Å². The third kappa shape index (κ3) is 5.36. The molecule has 2 aliphatic heterocycles. The first-order chi connectivity index (χ1) is 29.3. The SMILES string of the molecule is c1ccc(-c2ccc(N3c4cc(-c5ccccc5)cc5c4B(c4c3ccc3ccccc43)c3c(ccc4ccccc34)N5c3ccc(-c4ccccc4)cc3)cc2)cc1. The van der Waals surface area contributed by atoms with Gasteiger partial charge in [-0.2, -0.15) is 0 Å². The molecule has 59 heavy (non-hydrogen) atoms. The van der Waals surface area contributed by atoms with Gasteiger partial charge in [0, 0.05) is 34.1 Å². The number of nitrogens with zero attached hydrogens (tertiary/aromatic N) is 2. The third-order valence-electron chi connectivity index (χ3n) is 12.4. The molecule has 2 aliphatic rings. The smallest absolute Gasteiger partial charge is 0.253 e. The van der Waals surface area contributed by atoms with Crippen molar-refractivity contribution in [3.05, 3.63) is 224 Å². The third-order valence-corrected chi connectivity index (χ3v) is 12.4. The predicted molar refractivity (Wildman–Crippen MR) is 252 cm³/mol. The molecular formula is C56H37BN2. The van der Waals surface area contributed by atoms with E-state index in [4.69, 9.17) is 0 Å². The van der Waals surface area contributed by atoms with E-state index in [2.05, 4.69) is 234 Å². The highest BCUT2D eigenvalue weighted by Gasteiger charge is 2.45. The molecule has 0 saturated heterocycles. The van der Waals surface area contributed by atoms with Crippen LogP contribution in [-0.2, 0) is 0 Å². The second-order valence-corrected chi connectivity index (χ2v) is 15.7. The molecule has 10 aromatic rings. The molecule has 10 aromatic carbocycles. The maximum Gasteiger partial charge on any atom is 0.253 e. The van der Waals surface area contributed by atoms with Gasteiger partial charge < -0.3 is 9.80 Å². The van der Waals surface area contributed by atoms with E-state index in [-0.39, 0.29) is 6.71 Å². The van der Waals surface area contributed by atoms with Gasteiger partial charge in [-0.05, 0) is 120 Å². The van der Waals surface area contributed by atoms with Crippen molar-refractivity contribution in [2.24, 2.45) is 0 Å². The van der Waals surface area contributed by atoms with Gasteiger partial charge in [0.15, 0.2) is 0 Å². The summed E-state index contributed by atoms with van der Waals surface area (Å²) >= 11 is 0. The van der Waals surface area contributed by atoms with Crippen LogP contribution in [0.1, 0.15) is 0 Å². The molecule has 0 fully saturated rings. The van der Waals surface area contributed by atoms with Gasteiger partial charge in [0.25, 0.3) is 6.71 Å². The minimum atomic E-state index is -0.0216. The van der Waals surface area contributed by atoms with Crippen LogP contribution >= 0.6 is 0 Å². The summed E-state index contributed by atoms with van der Waals surface area (Å²) in [7, 11) is 0. The molecule has 0 bridgehead atoms. The minimum Gasteiger partial charge on any atom is -0.311 e. The van der Waals surface area contributed by atoms with Crippen LogP contribution in [0.3, 0.4) is 0 Å². The zero-order chi connectivity index (χ0) is 38.9. The van der Waals surface area contributed by atoms with E-state index >= 15 is 0 Å². The highest BCUT2D eigenvalue weighted by atomic mass is 15.2. The van der Waals surface area contributed by atoms with E-state index in [0.29, 0.717) is 0 Å². The minimum absolute atomic E-state index is 0.0216. The Bertz CT molecular complexity index is 3000. The predicted octanol–water partition coefficient (Wildman–Crippen LogP) is 13.1. The van der Waals surface area contributed by atoms with Crippen molar-refractivity contribution in [1.29, 1.82) is 0 Å². The first kappa shape index (κ1) is 33.5. The van der Waals surface area contributed by atoms with E-state index in [9.17, 15) is 0 Å². The highest BCUT2D eigenvalue weighted by molar-refractivity contribution is 7.02. The van der Waals surface area contributed by atoms with Crippen molar-refractivity contribution in [2.45, 2.75) is 0 Å². The lowest BCUT2D eigenvalue weighted by atomic mass is 9.32. The Balaban J connectivity index is 1.19. The number of hydrogen-bond donors (Lipinski definition) is 0. The van der Waals surface area contributed by atoms with Gasteiger partial charge in [-0.25, -0.2) is 0 Å². The maximum atomic E-state index is 2.53. The fourth-order valence-corrected chi connectivity index (χ4v) is 9.77. The first-order valence-electron chi connectivity index (χ1n) is 20.5. The quantitative estimate of drug-likeness (QED) is 0.162. The molecule has 0 unspecified atom stereocenters. The zero-order valence-corrected chi connectivity index (χ0v) is 32.3. The molecular weight excluding hydrogens is 711 g/mol. The second-order valence-electron chi connectivity index (χ2n) is 15.7. The largest absolute Gasteiger partial charge is 0.311 e. The van der Waals surface area contributed by atoms with Crippen molar-refractivity contribution in [1.82, 2.24) is 0 Å². The summed E-state index contributed by atoms with van der Waals surface area (Å²) in [5, 5.41) is 5.06. The zero-order valence-electron chi connectivity index (χ0n) is 32.3. The summed E-state index contributed by atoms with van der Waals surface area (Å²) in [6.07, 6.45) is 0. The van der Waals surface area contributed by atoms with Crippen LogP contribution in [0.25, 0.3) is 54.9 Å². The summed E-state index contributed by atoms with van der Waals surface area (Å²) in [5.41, 5.74) is 18.3. The van der Waals surface area contributed by atoms with Crippen molar-refractivity contribution < 1.29 is 0 Å². The van der Waals surface area contributed by atoms with Gasteiger partial charge in [-0.15, -0.1) is 0 Å². The molecule has 2 heterocycles. The summed E-state index contributed by atoms with van der Waals surface area (Å²) in [6, 6.07) is 82.6. The lowest BCUT2D eigenvalue weighted by Gasteiger charge is -2.45. The van der Waals surface area contributed by atoms with E-state index < -0.39 is 0 Å². The van der Waals surface area contributed by atoms with Crippen molar-refractivity contribution in [3.8, 4) is 33.4 Å². The Morgan fingerprint density at radius 2 is 0.610 bits per heavy atom. The molecule has 3 heteroatoms. The average molecular weight is 749 g/mol. The number of fused-ring (bicyclic) bond motifs is 8. The number of hydrogen-bond acceptors (Lipinski definition) is 2. The Labute approximate surface area is 345 Å². The van der Waals surface area contributed by atoms with Gasteiger partial charge in [0.05, 0.1) is 0 Å². The van der Waals surface area contributed by atoms with Crippen LogP contribution in [0.15, 0.2) is 224 Å². The first-order valence-corrected chi connectivity index (χ1v) is 20.5. The van der Waals surface area contributed by atoms with Gasteiger partial charge >= 0.3 is 0 Å². The monoisotopic (exact) mass is 748 g/mol. The van der Waals surface area contributed by atoms with Gasteiger partial charge in [0.1, 0.15) is 0 Å². The van der Waals surface area contributed by atoms with Crippen LogP contribution in [-0.4, -0.2) is 6.71 Å². The molecule has 0 radical (unpaired) electrons. The Morgan fingerprint density at radius 1 is 0.254 bits per heavy atom. The second kappa shape index (κ2) is 13.5. The molecule has 0 spiro atoms. The van der Waals surface area contributed by atoms with Crippen LogP contribution in [0.2, 0.25) is 0 Å². The molecule has 0 N–H and O–H groups in total. The van der Waals surface area contributed by atoms with Gasteiger partial charge in [0.2, 0.25) is 0 Å². The van der Waals surface area contributed by atoms with Crippen molar-refractivity contribution in [3.63, 3.8) is 0 Å². The number of rotatable bonds is 5. The van der Waals surface area contributed by atoms with Gasteiger partial charge in [-0.3, -0.25) is 0 Å². The van der Waals surface area contributed by atoms with Crippen LogP contribution < -0.4 is 26.2 Å². The molecule has 2 nitrogen and oxygen atoms in total. The summed E-state index contributed by atoms with van der Waals surface area (Å²) in [6.45, 7) is -0.0216. The average Bonchev–Trinajstić information content (AvgIpc) is 3.32. The lowest BCUT2D eigenvalue weighted by Crippen LogP contribution is -2.61. The lowest BCUT2D eigenvalue weighted by molar-refractivity contribution is 1.26. The summed E-state index contributed by atoms with van der Waals surface area (Å²) < 4.78 is 0. The van der Waals surface area contributed by atoms with E-state index in [1.54, 1.807) is 0 Å². The normalized spacial score (nSPS) is 12.6. The maximum absolute atomic E-state index is 2.53. The fourth-order valence-electron chi connectivity index (χ4n) is 9.77. The number of anilines is 6. The van der Waals surface area contributed by atoms with Crippen molar-refractivity contribution >= 4 is 78.8 Å². The van der Waals surface area contributed by atoms with Crippen molar-refractivity contribution in [2.75, 3.05) is 9.80 Å².